The lowest BCUT2D eigenvalue weighted by molar-refractivity contribution is -0.133. The summed E-state index contributed by atoms with van der Waals surface area (Å²) >= 11 is 0. The lowest BCUT2D eigenvalue weighted by Gasteiger charge is -2.28. The van der Waals surface area contributed by atoms with Gasteiger partial charge >= 0.3 is 5.69 Å². The fourth-order valence-electron chi connectivity index (χ4n) is 3.87. The fourth-order valence-corrected chi connectivity index (χ4v) is 3.87. The van der Waals surface area contributed by atoms with E-state index in [1.807, 2.05) is 29.2 Å². The molecule has 2 unspecified atom stereocenters. The molecule has 24 heavy (non-hydrogen) atoms. The Labute approximate surface area is 139 Å². The minimum atomic E-state index is -0.180. The third-order valence-corrected chi connectivity index (χ3v) is 5.07. The zero-order valence-electron chi connectivity index (χ0n) is 13.6. The summed E-state index contributed by atoms with van der Waals surface area (Å²) in [5, 5.41) is 6.62. The molecule has 1 saturated heterocycles. The third-order valence-electron chi connectivity index (χ3n) is 5.07. The van der Waals surface area contributed by atoms with Crippen LogP contribution in [0.25, 0.3) is 0 Å². The highest BCUT2D eigenvalue weighted by Gasteiger charge is 2.40. The van der Waals surface area contributed by atoms with Gasteiger partial charge in [0.1, 0.15) is 11.6 Å². The van der Waals surface area contributed by atoms with Gasteiger partial charge in [-0.25, -0.2) is 9.89 Å². The van der Waals surface area contributed by atoms with Crippen LogP contribution in [0.2, 0.25) is 0 Å². The van der Waals surface area contributed by atoms with Gasteiger partial charge in [0, 0.05) is 19.0 Å². The molecular weight excluding hydrogens is 308 g/mol. The number of carbonyl (C=O) groups is 1. The second-order valence-corrected chi connectivity index (χ2v) is 6.47. The van der Waals surface area contributed by atoms with Gasteiger partial charge in [-0.2, -0.15) is 5.10 Å². The van der Waals surface area contributed by atoms with Crippen molar-refractivity contribution in [2.45, 2.75) is 44.3 Å². The Bertz CT molecular complexity index is 808. The topological polar surface area (TPSA) is 80.2 Å². The molecule has 1 aromatic carbocycles. The maximum Gasteiger partial charge on any atom is 0.343 e. The number of aromatic amines is 1. The van der Waals surface area contributed by atoms with Crippen LogP contribution in [0.3, 0.4) is 0 Å². The first-order valence-corrected chi connectivity index (χ1v) is 8.24. The normalized spacial score (nSPS) is 22.1. The monoisotopic (exact) mass is 328 g/mol. The summed E-state index contributed by atoms with van der Waals surface area (Å²) in [5.41, 5.74) is 0.792. The second-order valence-electron chi connectivity index (χ2n) is 6.47. The van der Waals surface area contributed by atoms with Gasteiger partial charge in [-0.15, -0.1) is 0 Å². The summed E-state index contributed by atoms with van der Waals surface area (Å²) in [4.78, 5) is 26.7. The van der Waals surface area contributed by atoms with Crippen LogP contribution in [0.15, 0.2) is 29.1 Å². The van der Waals surface area contributed by atoms with Crippen molar-refractivity contribution < 1.29 is 9.53 Å². The van der Waals surface area contributed by atoms with Crippen molar-refractivity contribution in [3.05, 3.63) is 46.1 Å². The average Bonchev–Trinajstić information content (AvgIpc) is 3.07. The highest BCUT2D eigenvalue weighted by atomic mass is 16.5. The molecule has 1 amide bonds. The Morgan fingerprint density at radius 2 is 2.04 bits per heavy atom. The van der Waals surface area contributed by atoms with Gasteiger partial charge < -0.3 is 9.64 Å². The highest BCUT2D eigenvalue weighted by Crippen LogP contribution is 2.31. The van der Waals surface area contributed by atoms with E-state index in [4.69, 9.17) is 4.74 Å². The molecule has 2 atom stereocenters. The molecular formula is C17H20N4O3. The summed E-state index contributed by atoms with van der Waals surface area (Å²) in [6, 6.07) is 7.80. The van der Waals surface area contributed by atoms with Crippen molar-refractivity contribution >= 4 is 5.91 Å². The minimum absolute atomic E-state index is 0.0808. The average molecular weight is 328 g/mol. The molecule has 2 bridgehead atoms. The minimum Gasteiger partial charge on any atom is -0.497 e. The molecule has 0 radical (unpaired) electrons. The first kappa shape index (κ1) is 15.0. The molecule has 4 rings (SSSR count). The number of benzene rings is 1. The van der Waals surface area contributed by atoms with E-state index in [1.54, 1.807) is 11.7 Å². The number of fused-ring (bicyclic) bond motifs is 3. The molecule has 1 aromatic heterocycles. The number of rotatable bonds is 3. The van der Waals surface area contributed by atoms with Gasteiger partial charge in [0.2, 0.25) is 5.91 Å². The van der Waals surface area contributed by atoms with E-state index in [9.17, 15) is 9.59 Å². The van der Waals surface area contributed by atoms with Gasteiger partial charge in [0.15, 0.2) is 0 Å². The van der Waals surface area contributed by atoms with Crippen LogP contribution in [0.1, 0.15) is 24.2 Å². The molecule has 126 valence electrons. The largest absolute Gasteiger partial charge is 0.497 e. The lowest BCUT2D eigenvalue weighted by atomic mass is 10.1. The number of nitrogens with one attached hydrogen (secondary N) is 1. The maximum atomic E-state index is 12.9. The van der Waals surface area contributed by atoms with Gasteiger partial charge in [-0.1, -0.05) is 12.1 Å². The van der Waals surface area contributed by atoms with Crippen LogP contribution in [0, 0.1) is 0 Å². The van der Waals surface area contributed by atoms with E-state index in [0.717, 1.165) is 30.0 Å². The van der Waals surface area contributed by atoms with Gasteiger partial charge in [0.05, 0.1) is 19.6 Å². The molecule has 1 N–H and O–H groups in total. The molecule has 0 saturated carbocycles. The SMILES string of the molecule is COc1ccc(CC(=O)N2C3CCC2Cn2c(n[nH]c2=O)C3)cc1. The predicted octanol–water partition coefficient (Wildman–Crippen LogP) is 0.738. The Morgan fingerprint density at radius 1 is 1.29 bits per heavy atom. The summed E-state index contributed by atoms with van der Waals surface area (Å²) in [5.74, 6) is 1.66. The first-order chi connectivity index (χ1) is 11.7. The molecule has 0 spiro atoms. The van der Waals surface area contributed by atoms with E-state index in [0.29, 0.717) is 19.4 Å². The number of aromatic nitrogens is 3. The van der Waals surface area contributed by atoms with Crippen LogP contribution >= 0.6 is 0 Å². The van der Waals surface area contributed by atoms with Crippen LogP contribution in [0.5, 0.6) is 5.75 Å². The first-order valence-electron chi connectivity index (χ1n) is 8.24. The Kier molecular flexibility index (Phi) is 3.63. The summed E-state index contributed by atoms with van der Waals surface area (Å²) < 4.78 is 6.83. The molecule has 7 nitrogen and oxygen atoms in total. The number of nitrogens with zero attached hydrogens (tertiary/aromatic N) is 3. The van der Waals surface area contributed by atoms with Crippen LogP contribution in [0.4, 0.5) is 0 Å². The smallest absolute Gasteiger partial charge is 0.343 e. The number of methoxy groups -OCH3 is 1. The molecule has 2 aromatic rings. The quantitative estimate of drug-likeness (QED) is 0.901. The van der Waals surface area contributed by atoms with E-state index < -0.39 is 0 Å². The fraction of sp³-hybridized carbons (Fsp3) is 0.471. The van der Waals surface area contributed by atoms with Crippen LogP contribution in [-0.2, 0) is 24.2 Å². The van der Waals surface area contributed by atoms with Gasteiger partial charge in [-0.3, -0.25) is 9.36 Å². The highest BCUT2D eigenvalue weighted by molar-refractivity contribution is 5.80. The predicted molar refractivity (Wildman–Crippen MR) is 86.9 cm³/mol. The molecule has 2 aliphatic heterocycles. The molecule has 7 heteroatoms. The number of carbonyl (C=O) groups excluding carboxylic acids is 1. The van der Waals surface area contributed by atoms with Crippen molar-refractivity contribution in [1.82, 2.24) is 19.7 Å². The lowest BCUT2D eigenvalue weighted by Crippen LogP contribution is -2.43. The Morgan fingerprint density at radius 3 is 2.79 bits per heavy atom. The zero-order chi connectivity index (χ0) is 16.7. The van der Waals surface area contributed by atoms with Crippen molar-refractivity contribution in [3.63, 3.8) is 0 Å². The molecule has 3 heterocycles. The number of hydrogen-bond acceptors (Lipinski definition) is 4. The second kappa shape index (κ2) is 5.81. The number of ether oxygens (including phenoxy) is 1. The van der Waals surface area contributed by atoms with Crippen LogP contribution in [-0.4, -0.2) is 44.8 Å². The Balaban J connectivity index is 1.53. The van der Waals surface area contributed by atoms with E-state index in [2.05, 4.69) is 10.2 Å². The third kappa shape index (κ3) is 2.50. The van der Waals surface area contributed by atoms with Crippen molar-refractivity contribution in [1.29, 1.82) is 0 Å². The Hall–Kier alpha value is -2.57. The summed E-state index contributed by atoms with van der Waals surface area (Å²) in [6.07, 6.45) is 2.93. The van der Waals surface area contributed by atoms with Gasteiger partial charge in [0.25, 0.3) is 0 Å². The zero-order valence-corrected chi connectivity index (χ0v) is 13.6. The number of hydrogen-bond donors (Lipinski definition) is 1. The van der Waals surface area contributed by atoms with Crippen LogP contribution < -0.4 is 10.4 Å². The van der Waals surface area contributed by atoms with Crippen molar-refractivity contribution in [3.8, 4) is 5.75 Å². The van der Waals surface area contributed by atoms with E-state index in [-0.39, 0.29) is 23.7 Å². The van der Waals surface area contributed by atoms with Crippen molar-refractivity contribution in [2.75, 3.05) is 7.11 Å². The van der Waals surface area contributed by atoms with E-state index >= 15 is 0 Å². The number of H-pyrrole nitrogens is 1. The molecule has 1 fully saturated rings. The van der Waals surface area contributed by atoms with E-state index in [1.165, 1.54) is 0 Å². The summed E-state index contributed by atoms with van der Waals surface area (Å²) in [7, 11) is 1.63. The molecule has 2 aliphatic rings. The summed E-state index contributed by atoms with van der Waals surface area (Å²) in [6.45, 7) is 0.537. The maximum absolute atomic E-state index is 12.9. The number of amides is 1. The molecule has 0 aliphatic carbocycles. The van der Waals surface area contributed by atoms with Gasteiger partial charge in [-0.05, 0) is 30.5 Å². The van der Waals surface area contributed by atoms with Crippen molar-refractivity contribution in [2.24, 2.45) is 0 Å². The standard InChI is InChI=1S/C17H20N4O3/c1-24-14-6-2-11(3-7-14)8-16(22)21-12-4-5-13(21)10-20-15(9-12)18-19-17(20)23/h2-3,6-7,12-13H,4-5,8-10H2,1H3,(H,19,23).